The minimum Gasteiger partial charge on any atom is -0.356 e. The number of rotatable bonds is 15. The fraction of sp³-hybridized carbons (Fsp3) is 0.731. The van der Waals surface area contributed by atoms with Crippen molar-refractivity contribution in [1.29, 1.82) is 0 Å². The van der Waals surface area contributed by atoms with Gasteiger partial charge in [0.05, 0.1) is 9.95 Å². The van der Waals surface area contributed by atoms with Gasteiger partial charge in [0.25, 0.3) is 5.69 Å². The summed E-state index contributed by atoms with van der Waals surface area (Å²) in [5.74, 6) is 1.32. The number of unbranched alkanes of at least 4 members (excludes halogenated alkanes) is 2. The zero-order valence-corrected chi connectivity index (χ0v) is 21.2. The normalized spacial score (nSPS) is 18.4. The van der Waals surface area contributed by atoms with Crippen molar-refractivity contribution >= 4 is 23.2 Å². The van der Waals surface area contributed by atoms with E-state index in [0.29, 0.717) is 5.02 Å². The monoisotopic (exact) mass is 479 g/mol. The molecule has 0 saturated heterocycles. The van der Waals surface area contributed by atoms with Gasteiger partial charge in [0, 0.05) is 31.1 Å². The number of nitrogens with one attached hydrogen (secondary N) is 1. The zero-order valence-electron chi connectivity index (χ0n) is 20.5. The molecule has 1 aromatic rings. The van der Waals surface area contributed by atoms with Crippen LogP contribution < -0.4 is 5.32 Å². The number of hydrogen-bond acceptors (Lipinski definition) is 4. The summed E-state index contributed by atoms with van der Waals surface area (Å²) in [5.41, 5.74) is 0.986. The molecule has 0 unspecified atom stereocenters. The van der Waals surface area contributed by atoms with Crippen LogP contribution in [-0.2, 0) is 11.2 Å². The van der Waals surface area contributed by atoms with Crippen LogP contribution in [0.2, 0.25) is 5.02 Å². The first-order valence-electron chi connectivity index (χ1n) is 12.9. The average molecular weight is 480 g/mol. The minimum absolute atomic E-state index is 0.0328. The van der Waals surface area contributed by atoms with Crippen LogP contribution in [-0.4, -0.2) is 41.9 Å². The molecular weight excluding hydrogens is 438 g/mol. The Morgan fingerprint density at radius 1 is 1.09 bits per heavy atom. The van der Waals surface area contributed by atoms with Gasteiger partial charge in [-0.15, -0.1) is 0 Å². The fourth-order valence-electron chi connectivity index (χ4n) is 4.90. The summed E-state index contributed by atoms with van der Waals surface area (Å²) in [5, 5.41) is 14.5. The summed E-state index contributed by atoms with van der Waals surface area (Å²) in [4.78, 5) is 25.3. The van der Waals surface area contributed by atoms with E-state index in [4.69, 9.17) is 11.6 Å². The van der Waals surface area contributed by atoms with Crippen molar-refractivity contribution < 1.29 is 9.72 Å². The fourth-order valence-corrected chi connectivity index (χ4v) is 5.17. The van der Waals surface area contributed by atoms with Crippen molar-refractivity contribution in [3.63, 3.8) is 0 Å². The highest BCUT2D eigenvalue weighted by atomic mass is 35.5. The largest absolute Gasteiger partial charge is 0.356 e. The van der Waals surface area contributed by atoms with Gasteiger partial charge in [-0.3, -0.25) is 14.9 Å². The second-order valence-corrected chi connectivity index (χ2v) is 9.89. The van der Waals surface area contributed by atoms with Gasteiger partial charge in [0.1, 0.15) is 0 Å². The van der Waals surface area contributed by atoms with Crippen LogP contribution in [0.3, 0.4) is 0 Å². The van der Waals surface area contributed by atoms with E-state index < -0.39 is 4.92 Å². The van der Waals surface area contributed by atoms with Crippen molar-refractivity contribution in [2.45, 2.75) is 84.5 Å². The molecule has 0 radical (unpaired) electrons. The van der Waals surface area contributed by atoms with Crippen molar-refractivity contribution in [3.8, 4) is 0 Å². The first-order chi connectivity index (χ1) is 15.9. The molecule has 1 aliphatic rings. The molecule has 7 heteroatoms. The molecule has 1 N–H and O–H groups in total. The number of nitro groups is 1. The van der Waals surface area contributed by atoms with E-state index >= 15 is 0 Å². The topological polar surface area (TPSA) is 75.5 Å². The van der Waals surface area contributed by atoms with Gasteiger partial charge in [-0.1, -0.05) is 50.8 Å². The number of nitrogens with zero attached hydrogens (tertiary/aromatic N) is 2. The van der Waals surface area contributed by atoms with Crippen LogP contribution in [0.1, 0.15) is 83.6 Å². The number of carbonyl (C=O) groups is 1. The van der Waals surface area contributed by atoms with E-state index in [2.05, 4.69) is 24.1 Å². The highest BCUT2D eigenvalue weighted by Crippen LogP contribution is 2.31. The average Bonchev–Trinajstić information content (AvgIpc) is 2.80. The van der Waals surface area contributed by atoms with Gasteiger partial charge in [0.2, 0.25) is 5.91 Å². The minimum atomic E-state index is -0.417. The van der Waals surface area contributed by atoms with Crippen molar-refractivity contribution in [1.82, 2.24) is 10.2 Å². The molecule has 0 atom stereocenters. The first kappa shape index (κ1) is 27.6. The van der Waals surface area contributed by atoms with E-state index in [9.17, 15) is 14.9 Å². The Morgan fingerprint density at radius 2 is 1.85 bits per heavy atom. The maximum absolute atomic E-state index is 12.4. The molecule has 2 rings (SSSR count). The van der Waals surface area contributed by atoms with Gasteiger partial charge in [-0.25, -0.2) is 0 Å². The Kier molecular flexibility index (Phi) is 12.8. The number of carbonyl (C=O) groups excluding carboxylic acids is 1. The number of amides is 1. The lowest BCUT2D eigenvalue weighted by Gasteiger charge is -2.27. The maximum atomic E-state index is 12.4. The van der Waals surface area contributed by atoms with Crippen molar-refractivity contribution in [2.24, 2.45) is 11.8 Å². The van der Waals surface area contributed by atoms with Crippen molar-refractivity contribution in [2.75, 3.05) is 26.2 Å². The molecule has 1 aromatic carbocycles. The zero-order chi connectivity index (χ0) is 24.1. The lowest BCUT2D eigenvalue weighted by Crippen LogP contribution is -2.34. The Bertz CT molecular complexity index is 735. The molecule has 186 valence electrons. The molecule has 1 amide bonds. The number of benzene rings is 1. The molecule has 1 aliphatic carbocycles. The van der Waals surface area contributed by atoms with Crippen LogP contribution in [0.15, 0.2) is 18.2 Å². The number of halogens is 1. The van der Waals surface area contributed by atoms with E-state index in [1.54, 1.807) is 6.07 Å². The quantitative estimate of drug-likeness (QED) is 0.179. The van der Waals surface area contributed by atoms with Gasteiger partial charge in [-0.05, 0) is 75.9 Å². The number of nitro benzene ring substituents is 1. The van der Waals surface area contributed by atoms with E-state index in [1.807, 2.05) is 0 Å². The Labute approximate surface area is 204 Å². The number of non-ortho nitro benzene ring substituents is 1. The van der Waals surface area contributed by atoms with Crippen LogP contribution in [0, 0.1) is 22.0 Å². The van der Waals surface area contributed by atoms with Gasteiger partial charge in [-0.2, -0.15) is 0 Å². The van der Waals surface area contributed by atoms with E-state index in [-0.39, 0.29) is 17.5 Å². The second-order valence-electron chi connectivity index (χ2n) is 9.48. The molecule has 0 bridgehead atoms. The summed E-state index contributed by atoms with van der Waals surface area (Å²) in [6.07, 6.45) is 12.2. The van der Waals surface area contributed by atoms with Crippen LogP contribution >= 0.6 is 11.6 Å². The smallest absolute Gasteiger partial charge is 0.270 e. The summed E-state index contributed by atoms with van der Waals surface area (Å²) in [6.45, 7) is 8.14. The lowest BCUT2D eigenvalue weighted by atomic mass is 9.80. The predicted molar refractivity (Wildman–Crippen MR) is 136 cm³/mol. The molecule has 0 aliphatic heterocycles. The molecule has 0 heterocycles. The van der Waals surface area contributed by atoms with Gasteiger partial charge in [0.15, 0.2) is 0 Å². The summed E-state index contributed by atoms with van der Waals surface area (Å²) in [7, 11) is 0. The first-order valence-corrected chi connectivity index (χ1v) is 13.2. The molecule has 6 nitrogen and oxygen atoms in total. The molecule has 0 spiro atoms. The highest BCUT2D eigenvalue weighted by Gasteiger charge is 2.25. The Hall–Kier alpha value is -1.66. The third-order valence-corrected chi connectivity index (χ3v) is 7.20. The highest BCUT2D eigenvalue weighted by molar-refractivity contribution is 6.31. The Balaban J connectivity index is 1.61. The van der Waals surface area contributed by atoms with E-state index in [0.717, 1.165) is 82.6 Å². The van der Waals surface area contributed by atoms with Crippen molar-refractivity contribution in [3.05, 3.63) is 38.9 Å². The molecule has 1 saturated carbocycles. The number of hydrogen-bond donors (Lipinski definition) is 1. The molecule has 1 fully saturated rings. The summed E-state index contributed by atoms with van der Waals surface area (Å²) < 4.78 is 0. The second kappa shape index (κ2) is 15.3. The third-order valence-electron chi connectivity index (χ3n) is 6.85. The van der Waals surface area contributed by atoms with Gasteiger partial charge >= 0.3 is 0 Å². The summed E-state index contributed by atoms with van der Waals surface area (Å²) in [6, 6.07) is 4.73. The lowest BCUT2D eigenvalue weighted by molar-refractivity contribution is -0.384. The third kappa shape index (κ3) is 10.0. The van der Waals surface area contributed by atoms with Crippen LogP contribution in [0.5, 0.6) is 0 Å². The van der Waals surface area contributed by atoms with Crippen LogP contribution in [0.25, 0.3) is 0 Å². The predicted octanol–water partition coefficient (Wildman–Crippen LogP) is 6.40. The van der Waals surface area contributed by atoms with Crippen LogP contribution in [0.4, 0.5) is 5.69 Å². The molecule has 33 heavy (non-hydrogen) atoms. The standard InChI is InChI=1S/C26H42ClN3O3/c1-3-8-21-9-11-23(12-10-21)26(31)28-16-6-5-7-18-29(17-4-2)19-15-22-13-14-24(30(32)33)20-25(22)27/h13-14,20-21,23H,3-12,15-19H2,1-2H3,(H,28,31). The van der Waals surface area contributed by atoms with E-state index in [1.165, 1.54) is 37.8 Å². The summed E-state index contributed by atoms with van der Waals surface area (Å²) >= 11 is 6.24. The molecular formula is C26H42ClN3O3. The SMILES string of the molecule is CCCC1CCC(C(=O)NCCCCCN(CCC)CCc2ccc([N+](=O)[O-])cc2Cl)CC1. The molecule has 0 aromatic heterocycles. The maximum Gasteiger partial charge on any atom is 0.270 e. The van der Waals surface area contributed by atoms with Gasteiger partial charge < -0.3 is 10.2 Å². The Morgan fingerprint density at radius 3 is 2.48 bits per heavy atom.